The first-order chi connectivity index (χ1) is 17.1. The van der Waals surface area contributed by atoms with Gasteiger partial charge in [-0.15, -0.1) is 0 Å². The van der Waals surface area contributed by atoms with E-state index in [0.717, 1.165) is 38.1 Å². The summed E-state index contributed by atoms with van der Waals surface area (Å²) in [5, 5.41) is 14.2. The minimum Gasteiger partial charge on any atom is -0.475 e. The summed E-state index contributed by atoms with van der Waals surface area (Å²) < 4.78 is 83.6. The predicted octanol–water partition coefficient (Wildman–Crippen LogP) is 4.31. The van der Waals surface area contributed by atoms with Crippen molar-refractivity contribution in [1.82, 2.24) is 9.80 Å². The fourth-order valence-corrected chi connectivity index (χ4v) is 4.63. The highest BCUT2D eigenvalue weighted by atomic mass is 19.4. The Morgan fingerprint density at radius 2 is 1.51 bits per heavy atom. The minimum atomic E-state index is -5.08. The zero-order valence-corrected chi connectivity index (χ0v) is 19.8. The van der Waals surface area contributed by atoms with E-state index in [4.69, 9.17) is 24.5 Å². The second-order valence-electron chi connectivity index (χ2n) is 9.08. The third-order valence-electron chi connectivity index (χ3n) is 6.36. The normalized spacial score (nSPS) is 24.7. The SMILES string of the molecule is Fc1ccccc1CN1CC[C@@]2(C[C@@H](N3CCCC3)CCO2)C1.O=C(O)C(F)(F)F.O=C(O)C(F)(F)F. The topological polar surface area (TPSA) is 90.3 Å². The molecule has 0 saturated carbocycles. The summed E-state index contributed by atoms with van der Waals surface area (Å²) in [6.45, 7) is 6.08. The first-order valence-electron chi connectivity index (χ1n) is 11.6. The number of hydrogen-bond donors (Lipinski definition) is 2. The number of benzene rings is 1. The van der Waals surface area contributed by atoms with Crippen LogP contribution in [0.5, 0.6) is 0 Å². The molecule has 0 amide bonds. The molecule has 210 valence electrons. The Morgan fingerprint density at radius 1 is 0.973 bits per heavy atom. The Kier molecular flexibility index (Phi) is 10.7. The summed E-state index contributed by atoms with van der Waals surface area (Å²) in [4.78, 5) is 22.8. The summed E-state index contributed by atoms with van der Waals surface area (Å²) in [5.41, 5.74) is 0.813. The molecule has 0 unspecified atom stereocenters. The van der Waals surface area contributed by atoms with Crippen molar-refractivity contribution < 1.29 is 55.3 Å². The van der Waals surface area contributed by atoms with Gasteiger partial charge in [0.05, 0.1) is 5.60 Å². The van der Waals surface area contributed by atoms with Crippen LogP contribution in [-0.4, -0.2) is 88.7 Å². The van der Waals surface area contributed by atoms with Crippen LogP contribution in [0.25, 0.3) is 0 Å². The van der Waals surface area contributed by atoms with Crippen molar-refractivity contribution in [3.05, 3.63) is 35.6 Å². The molecule has 1 spiro atoms. The largest absolute Gasteiger partial charge is 0.490 e. The van der Waals surface area contributed by atoms with Gasteiger partial charge >= 0.3 is 24.3 Å². The number of carbonyl (C=O) groups is 2. The van der Waals surface area contributed by atoms with Crippen LogP contribution in [0.4, 0.5) is 30.7 Å². The predicted molar refractivity (Wildman–Crippen MR) is 116 cm³/mol. The number of carboxylic acids is 2. The summed E-state index contributed by atoms with van der Waals surface area (Å²) in [5.74, 6) is -5.60. The molecule has 3 heterocycles. The molecule has 3 aliphatic rings. The molecule has 2 N–H and O–H groups in total. The van der Waals surface area contributed by atoms with Gasteiger partial charge in [-0.05, 0) is 51.3 Å². The molecule has 37 heavy (non-hydrogen) atoms. The smallest absolute Gasteiger partial charge is 0.475 e. The minimum absolute atomic E-state index is 0.0107. The van der Waals surface area contributed by atoms with E-state index >= 15 is 0 Å². The fraction of sp³-hybridized carbons (Fsp3) is 0.652. The molecule has 3 fully saturated rings. The van der Waals surface area contributed by atoms with E-state index in [2.05, 4.69) is 9.80 Å². The van der Waals surface area contributed by atoms with E-state index in [0.29, 0.717) is 12.6 Å². The number of nitrogens with zero attached hydrogens (tertiary/aromatic N) is 2. The van der Waals surface area contributed by atoms with Crippen LogP contribution in [0.15, 0.2) is 24.3 Å². The Morgan fingerprint density at radius 3 is 2.03 bits per heavy atom. The van der Waals surface area contributed by atoms with E-state index in [1.807, 2.05) is 12.1 Å². The van der Waals surface area contributed by atoms with Gasteiger partial charge in [-0.1, -0.05) is 18.2 Å². The second-order valence-corrected chi connectivity index (χ2v) is 9.08. The van der Waals surface area contributed by atoms with E-state index in [1.54, 1.807) is 12.1 Å². The number of hydrogen-bond acceptors (Lipinski definition) is 5. The number of halogens is 7. The van der Waals surface area contributed by atoms with Gasteiger partial charge in [0.2, 0.25) is 0 Å². The van der Waals surface area contributed by atoms with Crippen LogP contribution in [0.3, 0.4) is 0 Å². The van der Waals surface area contributed by atoms with Gasteiger partial charge < -0.3 is 19.8 Å². The Bertz CT molecular complexity index is 882. The van der Waals surface area contributed by atoms with Crippen LogP contribution in [0.2, 0.25) is 0 Å². The molecule has 0 radical (unpaired) electrons. The highest BCUT2D eigenvalue weighted by molar-refractivity contribution is 5.73. The molecule has 14 heteroatoms. The van der Waals surface area contributed by atoms with Gasteiger partial charge in [0.25, 0.3) is 0 Å². The molecule has 7 nitrogen and oxygen atoms in total. The zero-order chi connectivity index (χ0) is 27.9. The second kappa shape index (κ2) is 12.9. The lowest BCUT2D eigenvalue weighted by Gasteiger charge is -2.41. The van der Waals surface area contributed by atoms with E-state index in [1.165, 1.54) is 32.4 Å². The first kappa shape index (κ1) is 30.8. The molecule has 2 atom stereocenters. The number of aliphatic carboxylic acids is 2. The van der Waals surface area contributed by atoms with Crippen molar-refractivity contribution in [3.8, 4) is 0 Å². The molecule has 3 aliphatic heterocycles. The molecule has 0 aliphatic carbocycles. The van der Waals surface area contributed by atoms with Gasteiger partial charge in [0.1, 0.15) is 5.82 Å². The Labute approximate surface area is 208 Å². The molecule has 3 saturated heterocycles. The molecule has 0 aromatic heterocycles. The number of rotatable bonds is 3. The van der Waals surface area contributed by atoms with Crippen LogP contribution in [0.1, 0.15) is 37.7 Å². The molecule has 1 aromatic carbocycles. The maximum absolute atomic E-state index is 13.9. The quantitative estimate of drug-likeness (QED) is 0.547. The summed E-state index contributed by atoms with van der Waals surface area (Å²) in [7, 11) is 0. The first-order valence-corrected chi connectivity index (χ1v) is 11.6. The van der Waals surface area contributed by atoms with Crippen LogP contribution < -0.4 is 0 Å². The van der Waals surface area contributed by atoms with Gasteiger partial charge in [-0.3, -0.25) is 4.90 Å². The lowest BCUT2D eigenvalue weighted by atomic mass is 9.89. The van der Waals surface area contributed by atoms with Crippen molar-refractivity contribution in [2.45, 2.75) is 62.6 Å². The Hall–Kier alpha value is -2.45. The van der Waals surface area contributed by atoms with Crippen molar-refractivity contribution in [2.75, 3.05) is 32.8 Å². The molecule has 4 rings (SSSR count). The third-order valence-corrected chi connectivity index (χ3v) is 6.36. The lowest BCUT2D eigenvalue weighted by Crippen LogP contribution is -2.49. The standard InChI is InChI=1S/C19H27FN2O.2C2HF3O2/c20-18-6-2-1-5-16(18)14-21-11-8-19(15-21)13-17(7-12-23-19)22-9-3-4-10-22;2*3-2(4,5)1(6)7/h1-2,5-6,17H,3-4,7-15H2;2*(H,6,7)/t17-,19+;;/m0../s1. The molecule has 0 bridgehead atoms. The summed E-state index contributed by atoms with van der Waals surface area (Å²) in [6.07, 6.45) is -4.05. The van der Waals surface area contributed by atoms with Crippen LogP contribution >= 0.6 is 0 Å². The zero-order valence-electron chi connectivity index (χ0n) is 19.8. The van der Waals surface area contributed by atoms with E-state index in [9.17, 15) is 30.7 Å². The highest BCUT2D eigenvalue weighted by Gasteiger charge is 2.44. The van der Waals surface area contributed by atoms with Crippen LogP contribution in [-0.2, 0) is 20.9 Å². The van der Waals surface area contributed by atoms with Gasteiger partial charge in [0, 0.05) is 37.8 Å². The highest BCUT2D eigenvalue weighted by Crippen LogP contribution is 2.37. The monoisotopic (exact) mass is 546 g/mol. The van der Waals surface area contributed by atoms with Crippen LogP contribution in [0, 0.1) is 5.82 Å². The van der Waals surface area contributed by atoms with Crippen molar-refractivity contribution in [1.29, 1.82) is 0 Å². The molecular formula is C23H29F7N2O5. The molecular weight excluding hydrogens is 517 g/mol. The summed E-state index contributed by atoms with van der Waals surface area (Å²) >= 11 is 0. The fourth-order valence-electron chi connectivity index (χ4n) is 4.63. The number of alkyl halides is 6. The van der Waals surface area contributed by atoms with Crippen molar-refractivity contribution in [3.63, 3.8) is 0 Å². The Balaban J connectivity index is 0.000000286. The third kappa shape index (κ3) is 9.74. The van der Waals surface area contributed by atoms with Crippen molar-refractivity contribution >= 4 is 11.9 Å². The maximum atomic E-state index is 13.9. The van der Waals surface area contributed by atoms with Gasteiger partial charge in [-0.2, -0.15) is 26.3 Å². The average Bonchev–Trinajstić information content (AvgIpc) is 3.46. The number of carboxylic acid groups (broad SMARTS) is 2. The van der Waals surface area contributed by atoms with Gasteiger partial charge in [-0.25, -0.2) is 14.0 Å². The molecule has 1 aromatic rings. The van der Waals surface area contributed by atoms with Crippen molar-refractivity contribution in [2.24, 2.45) is 0 Å². The number of ether oxygens (including phenoxy) is 1. The average molecular weight is 546 g/mol. The maximum Gasteiger partial charge on any atom is 0.490 e. The van der Waals surface area contributed by atoms with Gasteiger partial charge in [0.15, 0.2) is 0 Å². The summed E-state index contributed by atoms with van der Waals surface area (Å²) in [6, 6.07) is 7.83. The van der Waals surface area contributed by atoms with E-state index < -0.39 is 24.3 Å². The number of likely N-dealkylation sites (tertiary alicyclic amines) is 2. The lowest BCUT2D eigenvalue weighted by molar-refractivity contribution is -0.193. The van der Waals surface area contributed by atoms with E-state index in [-0.39, 0.29) is 11.4 Å².